The Morgan fingerprint density at radius 3 is 2.65 bits per heavy atom. The van der Waals surface area contributed by atoms with Crippen LogP contribution in [0.1, 0.15) is 15.9 Å². The molecule has 1 saturated heterocycles. The first kappa shape index (κ1) is 18.2. The number of carbonyl (C=O) groups excluding carboxylic acids is 1. The van der Waals surface area contributed by atoms with Crippen LogP contribution in [0.15, 0.2) is 36.4 Å². The Balaban J connectivity index is 1.88. The molecule has 0 bridgehead atoms. The van der Waals surface area contributed by atoms with E-state index in [0.29, 0.717) is 29.5 Å². The molecule has 8 heteroatoms. The van der Waals surface area contributed by atoms with Crippen molar-refractivity contribution < 1.29 is 9.72 Å². The molecule has 1 amide bonds. The van der Waals surface area contributed by atoms with Crippen LogP contribution in [0, 0.1) is 17.0 Å². The molecule has 2 N–H and O–H groups in total. The molecule has 0 aromatic heterocycles. The summed E-state index contributed by atoms with van der Waals surface area (Å²) >= 11 is 5.97. The van der Waals surface area contributed by atoms with Gasteiger partial charge in [-0.3, -0.25) is 14.9 Å². The van der Waals surface area contributed by atoms with Gasteiger partial charge in [-0.15, -0.1) is 0 Å². The summed E-state index contributed by atoms with van der Waals surface area (Å²) < 4.78 is 0. The molecule has 1 heterocycles. The molecule has 0 aliphatic carbocycles. The van der Waals surface area contributed by atoms with E-state index in [4.69, 9.17) is 11.6 Å². The van der Waals surface area contributed by atoms with E-state index >= 15 is 0 Å². The van der Waals surface area contributed by atoms with Crippen molar-refractivity contribution in [3.8, 4) is 0 Å². The summed E-state index contributed by atoms with van der Waals surface area (Å²) in [6, 6.07) is 9.77. The molecule has 7 nitrogen and oxygen atoms in total. The van der Waals surface area contributed by atoms with Crippen molar-refractivity contribution in [3.63, 3.8) is 0 Å². The lowest BCUT2D eigenvalue weighted by Crippen LogP contribution is -2.43. The summed E-state index contributed by atoms with van der Waals surface area (Å²) in [4.78, 5) is 25.6. The second-order valence-corrected chi connectivity index (χ2v) is 6.55. The number of aryl methyl sites for hydroxylation is 1. The van der Waals surface area contributed by atoms with E-state index in [1.165, 1.54) is 6.07 Å². The largest absolute Gasteiger partial charge is 0.363 e. The molecule has 0 saturated carbocycles. The summed E-state index contributed by atoms with van der Waals surface area (Å²) in [7, 11) is 0. The molecular formula is C18H19ClN4O3. The maximum atomic E-state index is 12.5. The SMILES string of the molecule is Cc1ccc(Cl)cc1NC(=O)c1ccc(N2CCNCC2)c([N+](=O)[O-])c1. The topological polar surface area (TPSA) is 87.5 Å². The number of nitro benzene ring substituents is 1. The lowest BCUT2D eigenvalue weighted by molar-refractivity contribution is -0.384. The molecule has 2 aromatic carbocycles. The lowest BCUT2D eigenvalue weighted by Gasteiger charge is -2.29. The van der Waals surface area contributed by atoms with Crippen LogP contribution in [0.2, 0.25) is 5.02 Å². The Morgan fingerprint density at radius 1 is 1.23 bits per heavy atom. The molecule has 26 heavy (non-hydrogen) atoms. The molecule has 136 valence electrons. The molecule has 0 atom stereocenters. The van der Waals surface area contributed by atoms with Crippen molar-refractivity contribution in [2.75, 3.05) is 36.4 Å². The number of anilines is 2. The van der Waals surface area contributed by atoms with Crippen LogP contribution in [0.5, 0.6) is 0 Å². The zero-order valence-electron chi connectivity index (χ0n) is 14.3. The third-order valence-electron chi connectivity index (χ3n) is 4.34. The predicted octanol–water partition coefficient (Wildman–Crippen LogP) is 3.22. The lowest BCUT2D eigenvalue weighted by atomic mass is 10.1. The van der Waals surface area contributed by atoms with Gasteiger partial charge in [0.05, 0.1) is 4.92 Å². The van der Waals surface area contributed by atoms with Gasteiger partial charge >= 0.3 is 0 Å². The Labute approximate surface area is 156 Å². The minimum Gasteiger partial charge on any atom is -0.363 e. The van der Waals surface area contributed by atoms with Crippen LogP contribution in [-0.2, 0) is 0 Å². The first-order valence-corrected chi connectivity index (χ1v) is 8.65. The number of hydrogen-bond donors (Lipinski definition) is 2. The smallest absolute Gasteiger partial charge is 0.293 e. The monoisotopic (exact) mass is 374 g/mol. The summed E-state index contributed by atoms with van der Waals surface area (Å²) in [5.41, 5.74) is 2.13. The Morgan fingerprint density at radius 2 is 1.96 bits per heavy atom. The standard InChI is InChI=1S/C18H19ClN4O3/c1-12-2-4-14(19)11-15(12)21-18(24)13-3-5-16(17(10-13)23(25)26)22-8-6-20-7-9-22/h2-5,10-11,20H,6-9H2,1H3,(H,21,24). The number of nitrogens with one attached hydrogen (secondary N) is 2. The Kier molecular flexibility index (Phi) is 5.39. The highest BCUT2D eigenvalue weighted by Crippen LogP contribution is 2.30. The predicted molar refractivity (Wildman–Crippen MR) is 102 cm³/mol. The van der Waals surface area contributed by atoms with Gasteiger partial charge < -0.3 is 15.5 Å². The Hall–Kier alpha value is -2.64. The van der Waals surface area contributed by atoms with Crippen LogP contribution in [-0.4, -0.2) is 37.0 Å². The van der Waals surface area contributed by atoms with Gasteiger partial charge in [0.25, 0.3) is 11.6 Å². The quantitative estimate of drug-likeness (QED) is 0.633. The van der Waals surface area contributed by atoms with Gasteiger partial charge in [0.1, 0.15) is 5.69 Å². The number of rotatable bonds is 4. The normalized spacial score (nSPS) is 14.2. The fourth-order valence-corrected chi connectivity index (χ4v) is 3.08. The van der Waals surface area contributed by atoms with Crippen molar-refractivity contribution in [1.82, 2.24) is 5.32 Å². The number of benzene rings is 2. The number of carbonyl (C=O) groups is 1. The molecule has 0 radical (unpaired) electrons. The second kappa shape index (κ2) is 7.72. The average molecular weight is 375 g/mol. The number of halogens is 1. The van der Waals surface area contributed by atoms with Gasteiger partial charge in [0, 0.05) is 48.5 Å². The summed E-state index contributed by atoms with van der Waals surface area (Å²) in [5, 5.41) is 18.0. The molecule has 1 aliphatic heterocycles. The number of nitrogens with zero attached hydrogens (tertiary/aromatic N) is 2. The van der Waals surface area contributed by atoms with Crippen LogP contribution < -0.4 is 15.5 Å². The van der Waals surface area contributed by atoms with Crippen LogP contribution in [0.4, 0.5) is 17.1 Å². The molecule has 0 spiro atoms. The van der Waals surface area contributed by atoms with Gasteiger partial charge in [0.15, 0.2) is 0 Å². The number of nitro groups is 1. The third-order valence-corrected chi connectivity index (χ3v) is 4.57. The van der Waals surface area contributed by atoms with E-state index < -0.39 is 10.8 Å². The maximum absolute atomic E-state index is 12.5. The highest BCUT2D eigenvalue weighted by Gasteiger charge is 2.23. The number of piperazine rings is 1. The highest BCUT2D eigenvalue weighted by molar-refractivity contribution is 6.31. The highest BCUT2D eigenvalue weighted by atomic mass is 35.5. The number of amides is 1. The molecule has 2 aromatic rings. The van der Waals surface area contributed by atoms with Crippen molar-refractivity contribution in [2.24, 2.45) is 0 Å². The maximum Gasteiger partial charge on any atom is 0.293 e. The van der Waals surface area contributed by atoms with Crippen molar-refractivity contribution in [2.45, 2.75) is 6.92 Å². The van der Waals surface area contributed by atoms with E-state index in [1.807, 2.05) is 11.8 Å². The first-order valence-electron chi connectivity index (χ1n) is 8.27. The Bertz CT molecular complexity index is 850. The van der Waals surface area contributed by atoms with Gasteiger partial charge in [-0.05, 0) is 36.8 Å². The van der Waals surface area contributed by atoms with Gasteiger partial charge in [0.2, 0.25) is 0 Å². The zero-order chi connectivity index (χ0) is 18.7. The van der Waals surface area contributed by atoms with Gasteiger partial charge in [-0.1, -0.05) is 17.7 Å². The van der Waals surface area contributed by atoms with Crippen LogP contribution in [0.3, 0.4) is 0 Å². The molecule has 3 rings (SSSR count). The van der Waals surface area contributed by atoms with E-state index in [2.05, 4.69) is 10.6 Å². The summed E-state index contributed by atoms with van der Waals surface area (Å²) in [6.45, 7) is 4.77. The average Bonchev–Trinajstić information content (AvgIpc) is 2.65. The van der Waals surface area contributed by atoms with E-state index in [1.54, 1.807) is 30.3 Å². The van der Waals surface area contributed by atoms with E-state index in [0.717, 1.165) is 18.7 Å². The minimum absolute atomic E-state index is 0.0673. The summed E-state index contributed by atoms with van der Waals surface area (Å²) in [5.74, 6) is -0.412. The first-order chi connectivity index (χ1) is 12.5. The van der Waals surface area contributed by atoms with Crippen LogP contribution in [0.25, 0.3) is 0 Å². The van der Waals surface area contributed by atoms with E-state index in [-0.39, 0.29) is 11.3 Å². The van der Waals surface area contributed by atoms with Gasteiger partial charge in [-0.2, -0.15) is 0 Å². The van der Waals surface area contributed by atoms with Crippen LogP contribution >= 0.6 is 11.6 Å². The second-order valence-electron chi connectivity index (χ2n) is 6.11. The zero-order valence-corrected chi connectivity index (χ0v) is 15.0. The summed E-state index contributed by atoms with van der Waals surface area (Å²) in [6.07, 6.45) is 0. The molecular weight excluding hydrogens is 356 g/mol. The molecule has 0 unspecified atom stereocenters. The van der Waals surface area contributed by atoms with Crippen molar-refractivity contribution >= 4 is 34.6 Å². The van der Waals surface area contributed by atoms with Crippen molar-refractivity contribution in [1.29, 1.82) is 0 Å². The minimum atomic E-state index is -0.446. The third kappa shape index (κ3) is 3.95. The van der Waals surface area contributed by atoms with E-state index in [9.17, 15) is 14.9 Å². The fourth-order valence-electron chi connectivity index (χ4n) is 2.91. The molecule has 1 aliphatic rings. The van der Waals surface area contributed by atoms with Crippen molar-refractivity contribution in [3.05, 3.63) is 62.7 Å². The fraction of sp³-hybridized carbons (Fsp3) is 0.278. The van der Waals surface area contributed by atoms with Gasteiger partial charge in [-0.25, -0.2) is 0 Å². The number of hydrogen-bond acceptors (Lipinski definition) is 5. The molecule has 1 fully saturated rings.